The minimum atomic E-state index is 0.120. The summed E-state index contributed by atoms with van der Waals surface area (Å²) in [6, 6.07) is 19.8. The maximum Gasteiger partial charge on any atom is 0.232 e. The number of hydrogen-bond acceptors (Lipinski definition) is 5. The molecule has 28 heavy (non-hydrogen) atoms. The minimum Gasteiger partial charge on any atom is -0.444 e. The Hall–Kier alpha value is -2.57. The standard InChI is InChI=1S/C22H25N3O2S/c23-12-7-13-25(14-18-8-3-1-4-9-18)21(26)17-28-16-20-15-27-22(24-20)19-10-5-2-6-11-19/h1-6,8-11,15H,7,12-14,16-17,23H2. The number of rotatable bonds is 10. The van der Waals surface area contributed by atoms with Gasteiger partial charge in [0.05, 0.1) is 11.4 Å². The second-order valence-electron chi connectivity index (χ2n) is 6.45. The highest BCUT2D eigenvalue weighted by Crippen LogP contribution is 2.20. The molecule has 0 unspecified atom stereocenters. The zero-order chi connectivity index (χ0) is 19.6. The SMILES string of the molecule is NCCCN(Cc1ccccc1)C(=O)CSCc1coc(-c2ccccc2)n1. The molecule has 146 valence electrons. The van der Waals surface area contributed by atoms with Gasteiger partial charge in [-0.05, 0) is 30.7 Å². The van der Waals surface area contributed by atoms with Crippen LogP contribution in [0.1, 0.15) is 17.7 Å². The van der Waals surface area contributed by atoms with E-state index in [0.29, 0.717) is 37.0 Å². The molecule has 0 saturated heterocycles. The Labute approximate surface area is 169 Å². The molecule has 2 N–H and O–H groups in total. The fourth-order valence-corrected chi connectivity index (χ4v) is 3.60. The zero-order valence-electron chi connectivity index (χ0n) is 15.8. The van der Waals surface area contributed by atoms with Crippen molar-refractivity contribution in [2.45, 2.75) is 18.7 Å². The molecule has 0 bridgehead atoms. The highest BCUT2D eigenvalue weighted by molar-refractivity contribution is 7.99. The maximum atomic E-state index is 12.7. The topological polar surface area (TPSA) is 72.4 Å². The van der Waals surface area contributed by atoms with E-state index in [9.17, 15) is 4.79 Å². The molecule has 0 radical (unpaired) electrons. The van der Waals surface area contributed by atoms with Gasteiger partial charge in [-0.15, -0.1) is 11.8 Å². The summed E-state index contributed by atoms with van der Waals surface area (Å²) in [5.41, 5.74) is 8.55. The highest BCUT2D eigenvalue weighted by atomic mass is 32.2. The summed E-state index contributed by atoms with van der Waals surface area (Å²) < 4.78 is 5.55. The number of oxazole rings is 1. The lowest BCUT2D eigenvalue weighted by molar-refractivity contribution is -0.129. The molecule has 1 amide bonds. The van der Waals surface area contributed by atoms with Gasteiger partial charge in [-0.25, -0.2) is 4.98 Å². The van der Waals surface area contributed by atoms with E-state index in [-0.39, 0.29) is 5.91 Å². The van der Waals surface area contributed by atoms with Crippen molar-refractivity contribution in [2.24, 2.45) is 5.73 Å². The summed E-state index contributed by atoms with van der Waals surface area (Å²) in [4.78, 5) is 19.1. The van der Waals surface area contributed by atoms with Crippen molar-refractivity contribution in [3.63, 3.8) is 0 Å². The van der Waals surface area contributed by atoms with Crippen molar-refractivity contribution in [1.29, 1.82) is 0 Å². The smallest absolute Gasteiger partial charge is 0.232 e. The van der Waals surface area contributed by atoms with Gasteiger partial charge < -0.3 is 15.1 Å². The van der Waals surface area contributed by atoms with Crippen molar-refractivity contribution in [1.82, 2.24) is 9.88 Å². The number of benzene rings is 2. The molecule has 0 spiro atoms. The van der Waals surface area contributed by atoms with Crippen molar-refractivity contribution in [3.05, 3.63) is 78.2 Å². The average Bonchev–Trinajstić information content (AvgIpc) is 3.21. The first kappa shape index (κ1) is 20.2. The third-order valence-corrected chi connectivity index (χ3v) is 5.20. The lowest BCUT2D eigenvalue weighted by atomic mass is 10.2. The summed E-state index contributed by atoms with van der Waals surface area (Å²) in [5, 5.41) is 0. The minimum absolute atomic E-state index is 0.120. The van der Waals surface area contributed by atoms with Gasteiger partial charge in [0.2, 0.25) is 11.8 Å². The Kier molecular flexibility index (Phi) is 7.70. The average molecular weight is 396 g/mol. The molecule has 5 nitrogen and oxygen atoms in total. The molecule has 3 aromatic rings. The van der Waals surface area contributed by atoms with E-state index in [0.717, 1.165) is 23.2 Å². The molecule has 3 rings (SSSR count). The van der Waals surface area contributed by atoms with Crippen LogP contribution < -0.4 is 5.73 Å². The number of carbonyl (C=O) groups excluding carboxylic acids is 1. The van der Waals surface area contributed by atoms with Crippen molar-refractivity contribution in [2.75, 3.05) is 18.8 Å². The molecule has 0 atom stereocenters. The van der Waals surface area contributed by atoms with E-state index >= 15 is 0 Å². The summed E-state index contributed by atoms with van der Waals surface area (Å²) >= 11 is 1.55. The second-order valence-corrected chi connectivity index (χ2v) is 7.43. The molecule has 0 fully saturated rings. The number of nitrogens with zero attached hydrogens (tertiary/aromatic N) is 2. The van der Waals surface area contributed by atoms with Crippen molar-refractivity contribution in [3.8, 4) is 11.5 Å². The Morgan fingerprint density at radius 3 is 2.50 bits per heavy atom. The molecule has 0 aliphatic carbocycles. The Balaban J connectivity index is 1.52. The Morgan fingerprint density at radius 2 is 1.79 bits per heavy atom. The van der Waals surface area contributed by atoms with Gasteiger partial charge in [-0.1, -0.05) is 48.5 Å². The summed E-state index contributed by atoms with van der Waals surface area (Å²) in [7, 11) is 0. The van der Waals surface area contributed by atoms with Gasteiger partial charge in [0, 0.05) is 24.4 Å². The molecular weight excluding hydrogens is 370 g/mol. The van der Waals surface area contributed by atoms with Crippen LogP contribution in [0.4, 0.5) is 0 Å². The number of amides is 1. The lowest BCUT2D eigenvalue weighted by Crippen LogP contribution is -2.33. The normalized spacial score (nSPS) is 10.8. The summed E-state index contributed by atoms with van der Waals surface area (Å²) in [6.45, 7) is 1.86. The first-order valence-electron chi connectivity index (χ1n) is 9.35. The van der Waals surface area contributed by atoms with Crippen LogP contribution in [0, 0.1) is 0 Å². The lowest BCUT2D eigenvalue weighted by Gasteiger charge is -2.22. The predicted octanol–water partition coefficient (Wildman–Crippen LogP) is 3.95. The molecule has 2 aromatic carbocycles. The third kappa shape index (κ3) is 5.97. The molecule has 0 aliphatic heterocycles. The van der Waals surface area contributed by atoms with Crippen LogP contribution in [0.3, 0.4) is 0 Å². The first-order chi connectivity index (χ1) is 13.8. The number of aromatic nitrogens is 1. The number of nitrogens with two attached hydrogens (primary N) is 1. The van der Waals surface area contributed by atoms with Crippen molar-refractivity contribution < 1.29 is 9.21 Å². The fourth-order valence-electron chi connectivity index (χ4n) is 2.80. The number of carbonyl (C=O) groups is 1. The molecule has 1 heterocycles. The van der Waals surface area contributed by atoms with E-state index in [1.807, 2.05) is 65.6 Å². The van der Waals surface area contributed by atoms with Gasteiger partial charge in [0.1, 0.15) is 6.26 Å². The highest BCUT2D eigenvalue weighted by Gasteiger charge is 2.14. The van der Waals surface area contributed by atoms with Gasteiger partial charge in [-0.2, -0.15) is 0 Å². The molecule has 0 saturated carbocycles. The van der Waals surface area contributed by atoms with Gasteiger partial charge in [0.25, 0.3) is 0 Å². The van der Waals surface area contributed by atoms with Crippen LogP contribution in [0.25, 0.3) is 11.5 Å². The van der Waals surface area contributed by atoms with Crippen LogP contribution in [0.15, 0.2) is 71.3 Å². The van der Waals surface area contributed by atoms with E-state index in [4.69, 9.17) is 10.2 Å². The Morgan fingerprint density at radius 1 is 1.07 bits per heavy atom. The van der Waals surface area contributed by atoms with E-state index in [1.165, 1.54) is 0 Å². The summed E-state index contributed by atoms with van der Waals surface area (Å²) in [5.74, 6) is 1.77. The summed E-state index contributed by atoms with van der Waals surface area (Å²) in [6.07, 6.45) is 2.46. The van der Waals surface area contributed by atoms with Gasteiger partial charge in [0.15, 0.2) is 0 Å². The van der Waals surface area contributed by atoms with Crippen LogP contribution in [-0.2, 0) is 17.1 Å². The van der Waals surface area contributed by atoms with Crippen LogP contribution in [0.2, 0.25) is 0 Å². The molecule has 6 heteroatoms. The maximum absolute atomic E-state index is 12.7. The predicted molar refractivity (Wildman–Crippen MR) is 114 cm³/mol. The van der Waals surface area contributed by atoms with E-state index < -0.39 is 0 Å². The first-order valence-corrected chi connectivity index (χ1v) is 10.5. The number of hydrogen-bond donors (Lipinski definition) is 1. The van der Waals surface area contributed by atoms with Gasteiger partial charge >= 0.3 is 0 Å². The third-order valence-electron chi connectivity index (χ3n) is 4.25. The largest absolute Gasteiger partial charge is 0.444 e. The molecule has 0 aliphatic rings. The molecule has 1 aromatic heterocycles. The quantitative estimate of drug-likeness (QED) is 0.563. The van der Waals surface area contributed by atoms with Crippen LogP contribution in [-0.4, -0.2) is 34.6 Å². The fraction of sp³-hybridized carbons (Fsp3) is 0.273. The van der Waals surface area contributed by atoms with Crippen molar-refractivity contribution >= 4 is 17.7 Å². The van der Waals surface area contributed by atoms with Gasteiger partial charge in [-0.3, -0.25) is 4.79 Å². The van der Waals surface area contributed by atoms with Crippen LogP contribution >= 0.6 is 11.8 Å². The molecular formula is C22H25N3O2S. The zero-order valence-corrected chi connectivity index (χ0v) is 16.6. The Bertz CT molecular complexity index is 852. The number of thioether (sulfide) groups is 1. The van der Waals surface area contributed by atoms with E-state index in [1.54, 1.807) is 18.0 Å². The monoisotopic (exact) mass is 395 g/mol. The van der Waals surface area contributed by atoms with Crippen LogP contribution in [0.5, 0.6) is 0 Å². The second kappa shape index (κ2) is 10.7. The van der Waals surface area contributed by atoms with E-state index in [2.05, 4.69) is 4.98 Å².